The summed E-state index contributed by atoms with van der Waals surface area (Å²) in [5.41, 5.74) is 0.442. The van der Waals surface area contributed by atoms with Gasteiger partial charge >= 0.3 is 12.0 Å². The van der Waals surface area contributed by atoms with Crippen LogP contribution in [0.25, 0.3) is 0 Å². The number of pyridine rings is 1. The number of amides is 2. The highest BCUT2D eigenvalue weighted by Crippen LogP contribution is 2.27. The Bertz CT molecular complexity index is 538. The molecule has 1 aromatic heterocycles. The Morgan fingerprint density at radius 1 is 1.29 bits per heavy atom. The highest BCUT2D eigenvalue weighted by Gasteiger charge is 2.34. The van der Waals surface area contributed by atoms with E-state index in [9.17, 15) is 9.59 Å². The van der Waals surface area contributed by atoms with E-state index in [-0.39, 0.29) is 17.8 Å². The summed E-state index contributed by atoms with van der Waals surface area (Å²) in [5.74, 6) is -0.522. The minimum Gasteiger partial charge on any atom is -0.477 e. The quantitative estimate of drug-likeness (QED) is 0.772. The van der Waals surface area contributed by atoms with E-state index in [0.717, 1.165) is 32.5 Å². The van der Waals surface area contributed by atoms with Crippen molar-refractivity contribution in [2.24, 2.45) is 5.92 Å². The molecule has 7 nitrogen and oxygen atoms in total. The number of nitrogens with zero attached hydrogens (tertiary/aromatic N) is 2. The number of aromatic carboxylic acids is 1. The van der Waals surface area contributed by atoms with Gasteiger partial charge in [-0.15, -0.1) is 0 Å². The van der Waals surface area contributed by atoms with Crippen molar-refractivity contribution in [3.05, 3.63) is 24.0 Å². The average Bonchev–Trinajstić information content (AvgIpc) is 2.49. The van der Waals surface area contributed by atoms with Crippen LogP contribution in [-0.2, 0) is 0 Å². The number of piperidine rings is 3. The fourth-order valence-electron chi connectivity index (χ4n) is 3.06. The first-order valence-electron chi connectivity index (χ1n) is 7.11. The molecule has 0 saturated carbocycles. The second-order valence-corrected chi connectivity index (χ2v) is 5.58. The summed E-state index contributed by atoms with van der Waals surface area (Å²) in [6.07, 6.45) is 3.62. The zero-order chi connectivity index (χ0) is 14.8. The van der Waals surface area contributed by atoms with Crippen LogP contribution in [0.2, 0.25) is 0 Å². The molecule has 21 heavy (non-hydrogen) atoms. The molecule has 0 aliphatic carbocycles. The minimum absolute atomic E-state index is 0.0432. The molecule has 1 unspecified atom stereocenters. The lowest BCUT2D eigenvalue weighted by Crippen LogP contribution is -2.57. The maximum absolute atomic E-state index is 12.0. The zero-order valence-corrected chi connectivity index (χ0v) is 11.6. The van der Waals surface area contributed by atoms with Gasteiger partial charge in [-0.05, 0) is 44.0 Å². The summed E-state index contributed by atoms with van der Waals surface area (Å²) in [6.45, 7) is 3.17. The maximum atomic E-state index is 12.0. The third-order valence-electron chi connectivity index (χ3n) is 4.21. The van der Waals surface area contributed by atoms with Crippen molar-refractivity contribution in [1.82, 2.24) is 15.2 Å². The van der Waals surface area contributed by atoms with Gasteiger partial charge in [-0.25, -0.2) is 14.6 Å². The number of aromatic nitrogens is 1. The van der Waals surface area contributed by atoms with E-state index in [4.69, 9.17) is 5.11 Å². The van der Waals surface area contributed by atoms with E-state index in [2.05, 4.69) is 20.5 Å². The van der Waals surface area contributed by atoms with Crippen molar-refractivity contribution in [2.45, 2.75) is 18.9 Å². The normalized spacial score (nSPS) is 27.1. The molecule has 2 amide bonds. The van der Waals surface area contributed by atoms with Gasteiger partial charge in [0.1, 0.15) is 5.69 Å². The number of hydrogen-bond acceptors (Lipinski definition) is 4. The molecule has 7 heteroatoms. The van der Waals surface area contributed by atoms with Gasteiger partial charge in [0.2, 0.25) is 0 Å². The van der Waals surface area contributed by atoms with Crippen molar-refractivity contribution >= 4 is 17.7 Å². The van der Waals surface area contributed by atoms with Crippen LogP contribution < -0.4 is 10.6 Å². The Hall–Kier alpha value is -2.15. The van der Waals surface area contributed by atoms with E-state index < -0.39 is 5.97 Å². The standard InChI is InChI=1S/C14H18N4O3/c19-13(20)11-2-1-10(7-15-11)16-14(21)17-12-8-18-5-3-9(12)4-6-18/h1-2,7,9,12H,3-6,8H2,(H,19,20)(H2,16,17,21). The van der Waals surface area contributed by atoms with Crippen LogP contribution in [-0.4, -0.2) is 52.7 Å². The molecule has 0 aromatic carbocycles. The topological polar surface area (TPSA) is 94.6 Å². The molecule has 4 heterocycles. The largest absolute Gasteiger partial charge is 0.477 e. The number of urea groups is 1. The van der Waals surface area contributed by atoms with Crippen molar-refractivity contribution in [3.8, 4) is 0 Å². The molecule has 3 aliphatic heterocycles. The second-order valence-electron chi connectivity index (χ2n) is 5.58. The predicted octanol–water partition coefficient (Wildman–Crippen LogP) is 0.995. The van der Waals surface area contributed by atoms with Gasteiger partial charge in [-0.2, -0.15) is 0 Å². The van der Waals surface area contributed by atoms with Crippen LogP contribution in [0.5, 0.6) is 0 Å². The highest BCUT2D eigenvalue weighted by atomic mass is 16.4. The lowest BCUT2D eigenvalue weighted by molar-refractivity contribution is 0.0690. The number of carbonyl (C=O) groups excluding carboxylic acids is 1. The number of carbonyl (C=O) groups is 2. The fraction of sp³-hybridized carbons (Fsp3) is 0.500. The number of hydrogen-bond donors (Lipinski definition) is 3. The number of anilines is 1. The van der Waals surface area contributed by atoms with Crippen molar-refractivity contribution in [2.75, 3.05) is 25.0 Å². The number of fused-ring (bicyclic) bond motifs is 3. The number of carboxylic acids is 1. The van der Waals surface area contributed by atoms with Gasteiger partial charge in [-0.3, -0.25) is 0 Å². The molecule has 3 saturated heterocycles. The summed E-state index contributed by atoms with van der Waals surface area (Å²) < 4.78 is 0. The lowest BCUT2D eigenvalue weighted by atomic mass is 9.84. The SMILES string of the molecule is O=C(Nc1ccc(C(=O)O)nc1)NC1CN2CCC1CC2. The van der Waals surface area contributed by atoms with Gasteiger partial charge < -0.3 is 20.6 Å². The Balaban J connectivity index is 1.55. The Morgan fingerprint density at radius 2 is 2.05 bits per heavy atom. The molecular weight excluding hydrogens is 272 g/mol. The molecule has 112 valence electrons. The molecule has 0 radical (unpaired) electrons. The van der Waals surface area contributed by atoms with Crippen LogP contribution in [0.4, 0.5) is 10.5 Å². The molecule has 0 spiro atoms. The van der Waals surface area contributed by atoms with Crippen molar-refractivity contribution in [3.63, 3.8) is 0 Å². The number of nitrogens with one attached hydrogen (secondary N) is 2. The molecule has 3 N–H and O–H groups in total. The van der Waals surface area contributed by atoms with Gasteiger partial charge in [0.05, 0.1) is 11.9 Å². The average molecular weight is 290 g/mol. The molecule has 3 fully saturated rings. The fourth-order valence-corrected chi connectivity index (χ4v) is 3.06. The molecule has 4 rings (SSSR count). The molecule has 1 atom stereocenters. The summed E-state index contributed by atoms with van der Waals surface area (Å²) >= 11 is 0. The van der Waals surface area contributed by atoms with Crippen LogP contribution in [0.1, 0.15) is 23.3 Å². The van der Waals surface area contributed by atoms with Crippen molar-refractivity contribution in [1.29, 1.82) is 0 Å². The maximum Gasteiger partial charge on any atom is 0.354 e. The van der Waals surface area contributed by atoms with E-state index >= 15 is 0 Å². The first-order valence-corrected chi connectivity index (χ1v) is 7.11. The summed E-state index contributed by atoms with van der Waals surface area (Å²) in [4.78, 5) is 28.8. The van der Waals surface area contributed by atoms with Crippen LogP contribution in [0.15, 0.2) is 18.3 Å². The smallest absolute Gasteiger partial charge is 0.354 e. The monoisotopic (exact) mass is 290 g/mol. The van der Waals surface area contributed by atoms with Gasteiger partial charge in [0.15, 0.2) is 0 Å². The van der Waals surface area contributed by atoms with Gasteiger partial charge in [0.25, 0.3) is 0 Å². The first-order chi connectivity index (χ1) is 10.1. The summed E-state index contributed by atoms with van der Waals surface area (Å²) in [7, 11) is 0. The summed E-state index contributed by atoms with van der Waals surface area (Å²) in [6, 6.07) is 2.83. The van der Waals surface area contributed by atoms with Crippen molar-refractivity contribution < 1.29 is 14.7 Å². The Morgan fingerprint density at radius 3 is 2.57 bits per heavy atom. The van der Waals surface area contributed by atoms with Crippen LogP contribution in [0, 0.1) is 5.92 Å². The number of carboxylic acid groups (broad SMARTS) is 1. The second kappa shape index (κ2) is 5.69. The third kappa shape index (κ3) is 3.13. The predicted molar refractivity (Wildman–Crippen MR) is 76.3 cm³/mol. The van der Waals surface area contributed by atoms with Crippen LogP contribution >= 0.6 is 0 Å². The molecule has 3 aliphatic rings. The Labute approximate surface area is 122 Å². The van der Waals surface area contributed by atoms with E-state index in [1.807, 2.05) is 0 Å². The molecule has 1 aromatic rings. The highest BCUT2D eigenvalue weighted by molar-refractivity contribution is 5.90. The Kier molecular flexibility index (Phi) is 3.74. The third-order valence-corrected chi connectivity index (χ3v) is 4.21. The summed E-state index contributed by atoms with van der Waals surface area (Å²) in [5, 5.41) is 14.5. The molecule has 2 bridgehead atoms. The van der Waals surface area contributed by atoms with E-state index in [0.29, 0.717) is 11.6 Å². The first kappa shape index (κ1) is 13.8. The van der Waals surface area contributed by atoms with Gasteiger partial charge in [0, 0.05) is 12.6 Å². The van der Waals surface area contributed by atoms with E-state index in [1.165, 1.54) is 18.3 Å². The van der Waals surface area contributed by atoms with E-state index in [1.54, 1.807) is 0 Å². The minimum atomic E-state index is -1.08. The van der Waals surface area contributed by atoms with Gasteiger partial charge in [-0.1, -0.05) is 0 Å². The lowest BCUT2D eigenvalue weighted by Gasteiger charge is -2.44. The number of rotatable bonds is 3. The zero-order valence-electron chi connectivity index (χ0n) is 11.6. The van der Waals surface area contributed by atoms with Crippen LogP contribution in [0.3, 0.4) is 0 Å². The molecular formula is C14H18N4O3.